The summed E-state index contributed by atoms with van der Waals surface area (Å²) in [5.74, 6) is 0.537. The Morgan fingerprint density at radius 2 is 2.09 bits per heavy atom. The molecule has 0 fully saturated rings. The molecule has 0 saturated carbocycles. The van der Waals surface area contributed by atoms with Crippen LogP contribution in [0, 0.1) is 0 Å². The molecule has 0 unspecified atom stereocenters. The predicted molar refractivity (Wildman–Crippen MR) is 48.4 cm³/mol. The number of anilines is 2. The Balaban J connectivity index is 2.82. The van der Waals surface area contributed by atoms with Gasteiger partial charge in [-0.15, -0.1) is 11.3 Å². The normalized spacial score (nSPS) is 10.5. The molecule has 2 rings (SSSR count). The van der Waals surface area contributed by atoms with Crippen LogP contribution in [-0.4, -0.2) is 4.98 Å². The maximum Gasteiger partial charge on any atom is 0.124 e. The number of pyridine rings is 1. The summed E-state index contributed by atoms with van der Waals surface area (Å²) in [5.41, 5.74) is 11.9. The highest BCUT2D eigenvalue weighted by molar-refractivity contribution is 7.22. The van der Waals surface area contributed by atoms with Crippen LogP contribution in [0.1, 0.15) is 0 Å². The van der Waals surface area contributed by atoms with Gasteiger partial charge in [0.1, 0.15) is 5.82 Å². The minimum Gasteiger partial charge on any atom is -0.391 e. The van der Waals surface area contributed by atoms with Gasteiger partial charge < -0.3 is 11.5 Å². The molecule has 0 atom stereocenters. The molecule has 56 valence electrons. The van der Waals surface area contributed by atoms with Crippen molar-refractivity contribution in [1.82, 2.24) is 4.98 Å². The molecule has 0 bridgehead atoms. The van der Waals surface area contributed by atoms with Gasteiger partial charge in [-0.1, -0.05) is 0 Å². The molecule has 0 saturated heterocycles. The second kappa shape index (κ2) is 2.10. The summed E-state index contributed by atoms with van der Waals surface area (Å²) in [5, 5.41) is 0.776. The maximum absolute atomic E-state index is 5.58. The molecule has 0 aromatic carbocycles. The molecule has 0 amide bonds. The highest BCUT2D eigenvalue weighted by Crippen LogP contribution is 2.26. The summed E-state index contributed by atoms with van der Waals surface area (Å²) in [6.45, 7) is 0. The lowest BCUT2D eigenvalue weighted by molar-refractivity contribution is 1.43. The number of nitrogens with two attached hydrogens (primary N) is 2. The van der Waals surface area contributed by atoms with E-state index in [-0.39, 0.29) is 0 Å². The highest BCUT2D eigenvalue weighted by Gasteiger charge is 1.98. The standard InChI is InChI=1S/C7H7N3S/c8-6-2-1-5-4(10-6)3-7(9)11-5/h1-3H,9H2,(H2,8,10). The summed E-state index contributed by atoms with van der Waals surface area (Å²) >= 11 is 1.52. The average Bonchev–Trinajstić information content (AvgIpc) is 2.27. The summed E-state index contributed by atoms with van der Waals surface area (Å²) in [6, 6.07) is 5.54. The second-order valence-electron chi connectivity index (χ2n) is 2.27. The van der Waals surface area contributed by atoms with Gasteiger partial charge in [0, 0.05) is 0 Å². The molecule has 2 aromatic heterocycles. The first-order valence-corrected chi connectivity index (χ1v) is 3.99. The lowest BCUT2D eigenvalue weighted by Gasteiger charge is -1.89. The minimum atomic E-state index is 0.537. The Labute approximate surface area is 67.7 Å². The molecule has 3 nitrogen and oxygen atoms in total. The van der Waals surface area contributed by atoms with Crippen molar-refractivity contribution in [2.45, 2.75) is 0 Å². The molecule has 0 aliphatic carbocycles. The van der Waals surface area contributed by atoms with Crippen molar-refractivity contribution in [3.05, 3.63) is 18.2 Å². The quantitative estimate of drug-likeness (QED) is 0.621. The van der Waals surface area contributed by atoms with E-state index >= 15 is 0 Å². The van der Waals surface area contributed by atoms with Gasteiger partial charge in [0.25, 0.3) is 0 Å². The molecule has 4 heteroatoms. The van der Waals surface area contributed by atoms with E-state index in [0.717, 1.165) is 15.2 Å². The minimum absolute atomic E-state index is 0.537. The van der Waals surface area contributed by atoms with Gasteiger partial charge in [-0.25, -0.2) is 4.98 Å². The predicted octanol–water partition coefficient (Wildman–Crippen LogP) is 1.46. The van der Waals surface area contributed by atoms with Crippen LogP contribution in [0.15, 0.2) is 18.2 Å². The van der Waals surface area contributed by atoms with Crippen molar-refractivity contribution >= 4 is 32.4 Å². The van der Waals surface area contributed by atoms with Crippen LogP contribution in [-0.2, 0) is 0 Å². The van der Waals surface area contributed by atoms with E-state index in [1.165, 1.54) is 11.3 Å². The molecule has 0 aliphatic heterocycles. The smallest absolute Gasteiger partial charge is 0.124 e. The Morgan fingerprint density at radius 3 is 2.91 bits per heavy atom. The Bertz CT molecular complexity index is 393. The summed E-state index contributed by atoms with van der Waals surface area (Å²) in [6.07, 6.45) is 0. The summed E-state index contributed by atoms with van der Waals surface area (Å²) in [4.78, 5) is 4.10. The van der Waals surface area contributed by atoms with Gasteiger partial charge in [-0.2, -0.15) is 0 Å². The Kier molecular flexibility index (Phi) is 1.22. The van der Waals surface area contributed by atoms with Crippen LogP contribution < -0.4 is 11.5 Å². The Hall–Kier alpha value is -1.29. The zero-order valence-corrected chi connectivity index (χ0v) is 6.56. The zero-order chi connectivity index (χ0) is 7.84. The third-order valence-corrected chi connectivity index (χ3v) is 2.33. The van der Waals surface area contributed by atoms with Crippen molar-refractivity contribution in [1.29, 1.82) is 0 Å². The number of fused-ring (bicyclic) bond motifs is 1. The SMILES string of the molecule is Nc1ccc2sc(N)cc2n1. The van der Waals surface area contributed by atoms with Gasteiger partial charge in [0.15, 0.2) is 0 Å². The topological polar surface area (TPSA) is 64.9 Å². The van der Waals surface area contributed by atoms with Crippen LogP contribution in [0.4, 0.5) is 10.8 Å². The van der Waals surface area contributed by atoms with Crippen LogP contribution in [0.5, 0.6) is 0 Å². The monoisotopic (exact) mass is 165 g/mol. The van der Waals surface area contributed by atoms with E-state index in [0.29, 0.717) is 5.82 Å². The molecule has 0 spiro atoms. The van der Waals surface area contributed by atoms with E-state index < -0.39 is 0 Å². The zero-order valence-electron chi connectivity index (χ0n) is 5.74. The van der Waals surface area contributed by atoms with Gasteiger partial charge in [0.2, 0.25) is 0 Å². The van der Waals surface area contributed by atoms with Gasteiger partial charge in [-0.05, 0) is 18.2 Å². The fourth-order valence-corrected chi connectivity index (χ4v) is 1.73. The lowest BCUT2D eigenvalue weighted by atomic mass is 10.4. The fraction of sp³-hybridized carbons (Fsp3) is 0. The fourth-order valence-electron chi connectivity index (χ4n) is 0.959. The number of nitrogens with zero attached hydrogens (tertiary/aromatic N) is 1. The Morgan fingerprint density at radius 1 is 1.27 bits per heavy atom. The number of aromatic nitrogens is 1. The molecule has 2 heterocycles. The maximum atomic E-state index is 5.58. The summed E-state index contributed by atoms with van der Waals surface area (Å²) in [7, 11) is 0. The first kappa shape index (κ1) is 6.42. The van der Waals surface area contributed by atoms with Crippen molar-refractivity contribution in [2.75, 3.05) is 11.5 Å². The van der Waals surface area contributed by atoms with Crippen molar-refractivity contribution in [3.63, 3.8) is 0 Å². The third-order valence-electron chi connectivity index (χ3n) is 1.41. The molecular formula is C7H7N3S. The van der Waals surface area contributed by atoms with Gasteiger partial charge in [-0.3, -0.25) is 0 Å². The van der Waals surface area contributed by atoms with Crippen molar-refractivity contribution in [3.8, 4) is 0 Å². The summed E-state index contributed by atoms with van der Waals surface area (Å²) < 4.78 is 1.08. The second-order valence-corrected chi connectivity index (χ2v) is 3.38. The first-order valence-electron chi connectivity index (χ1n) is 3.17. The van der Waals surface area contributed by atoms with Crippen molar-refractivity contribution in [2.24, 2.45) is 0 Å². The molecule has 11 heavy (non-hydrogen) atoms. The van der Waals surface area contributed by atoms with Crippen LogP contribution in [0.2, 0.25) is 0 Å². The van der Waals surface area contributed by atoms with Crippen LogP contribution >= 0.6 is 11.3 Å². The lowest BCUT2D eigenvalue weighted by Crippen LogP contribution is -1.86. The van der Waals surface area contributed by atoms with Crippen LogP contribution in [0.25, 0.3) is 10.2 Å². The van der Waals surface area contributed by atoms with E-state index in [9.17, 15) is 0 Å². The molecule has 0 aliphatic rings. The average molecular weight is 165 g/mol. The molecule has 4 N–H and O–H groups in total. The first-order chi connectivity index (χ1) is 5.25. The number of nitrogen functional groups attached to an aromatic ring is 2. The van der Waals surface area contributed by atoms with Gasteiger partial charge in [0.05, 0.1) is 15.2 Å². The number of hydrogen-bond acceptors (Lipinski definition) is 4. The molecule has 2 aromatic rings. The molecule has 0 radical (unpaired) electrons. The third kappa shape index (κ3) is 1.01. The number of rotatable bonds is 0. The van der Waals surface area contributed by atoms with E-state index in [1.807, 2.05) is 12.1 Å². The van der Waals surface area contributed by atoms with E-state index in [1.54, 1.807) is 6.07 Å². The van der Waals surface area contributed by atoms with Crippen LogP contribution in [0.3, 0.4) is 0 Å². The number of hydrogen-bond donors (Lipinski definition) is 2. The highest BCUT2D eigenvalue weighted by atomic mass is 32.1. The largest absolute Gasteiger partial charge is 0.391 e. The molecular weight excluding hydrogens is 158 g/mol. The van der Waals surface area contributed by atoms with E-state index in [4.69, 9.17) is 11.5 Å². The number of thiophene rings is 1. The van der Waals surface area contributed by atoms with Gasteiger partial charge >= 0.3 is 0 Å². The van der Waals surface area contributed by atoms with Crippen molar-refractivity contribution < 1.29 is 0 Å². The van der Waals surface area contributed by atoms with E-state index in [2.05, 4.69) is 4.98 Å².